The van der Waals surface area contributed by atoms with Crippen LogP contribution in [0.4, 0.5) is 0 Å². The van der Waals surface area contributed by atoms with E-state index < -0.39 is 0 Å². The van der Waals surface area contributed by atoms with Crippen LogP contribution in [0.2, 0.25) is 0 Å². The lowest BCUT2D eigenvalue weighted by molar-refractivity contribution is 0.0871. The molecule has 0 saturated heterocycles. The molecule has 0 N–H and O–H groups in total. The van der Waals surface area contributed by atoms with Crippen molar-refractivity contribution in [1.29, 1.82) is 0 Å². The van der Waals surface area contributed by atoms with Gasteiger partial charge in [-0.25, -0.2) is 0 Å². The number of aromatic nitrogens is 1. The first-order valence-electron chi connectivity index (χ1n) is 10.6. The fraction of sp³-hybridized carbons (Fsp3) is 0.231. The predicted octanol–water partition coefficient (Wildman–Crippen LogP) is 4.38. The third-order valence-corrected chi connectivity index (χ3v) is 5.84. The van der Waals surface area contributed by atoms with Crippen LogP contribution in [0.25, 0.3) is 6.08 Å². The van der Waals surface area contributed by atoms with Crippen molar-refractivity contribution in [2.24, 2.45) is 0 Å². The summed E-state index contributed by atoms with van der Waals surface area (Å²) in [5.74, 6) is 2.71. The highest BCUT2D eigenvalue weighted by Gasteiger charge is 2.35. The number of ether oxygens (including phenoxy) is 4. The Morgan fingerprint density at radius 2 is 2.06 bits per heavy atom. The number of carbonyl (C=O) groups is 1. The van der Waals surface area contributed by atoms with Crippen molar-refractivity contribution < 1.29 is 23.7 Å². The van der Waals surface area contributed by atoms with Gasteiger partial charge < -0.3 is 18.9 Å². The average Bonchev–Trinajstić information content (AvgIpc) is 3.17. The van der Waals surface area contributed by atoms with Gasteiger partial charge in [0.05, 0.1) is 25.3 Å². The Morgan fingerprint density at radius 1 is 1.18 bits per heavy atom. The molecule has 0 amide bonds. The number of pyridine rings is 1. The van der Waals surface area contributed by atoms with E-state index in [4.69, 9.17) is 18.9 Å². The molecular formula is C26H24N2O5. The van der Waals surface area contributed by atoms with Crippen LogP contribution in [-0.2, 0) is 13.1 Å². The summed E-state index contributed by atoms with van der Waals surface area (Å²) in [5, 5.41) is 0. The number of ketones is 1. The highest BCUT2D eigenvalue weighted by atomic mass is 16.5. The first-order chi connectivity index (χ1) is 16.1. The van der Waals surface area contributed by atoms with E-state index in [2.05, 4.69) is 9.88 Å². The molecule has 0 spiro atoms. The second kappa shape index (κ2) is 8.60. The minimum atomic E-state index is -0.146. The molecule has 2 aliphatic heterocycles. The zero-order valence-electron chi connectivity index (χ0n) is 18.8. The number of carbonyl (C=O) groups excluding carboxylic acids is 1. The molecule has 2 aliphatic rings. The van der Waals surface area contributed by atoms with Gasteiger partial charge in [-0.15, -0.1) is 0 Å². The molecule has 168 valence electrons. The molecule has 0 atom stereocenters. The summed E-state index contributed by atoms with van der Waals surface area (Å²) in [6, 6.07) is 11.3. The number of hydrogen-bond donors (Lipinski definition) is 0. The van der Waals surface area contributed by atoms with Gasteiger partial charge in [-0.2, -0.15) is 0 Å². The van der Waals surface area contributed by atoms with Crippen LogP contribution in [0.15, 0.2) is 54.6 Å². The van der Waals surface area contributed by atoms with Gasteiger partial charge in [0.15, 0.2) is 5.76 Å². The summed E-state index contributed by atoms with van der Waals surface area (Å²) >= 11 is 0. The normalized spacial score (nSPS) is 16.1. The van der Waals surface area contributed by atoms with Gasteiger partial charge in [-0.3, -0.25) is 14.7 Å². The Hall–Kier alpha value is -3.84. The van der Waals surface area contributed by atoms with Gasteiger partial charge >= 0.3 is 0 Å². The zero-order valence-corrected chi connectivity index (χ0v) is 18.8. The van der Waals surface area contributed by atoms with Gasteiger partial charge in [-0.05, 0) is 48.4 Å². The number of fused-ring (bicyclic) bond motifs is 3. The van der Waals surface area contributed by atoms with Crippen molar-refractivity contribution in [3.05, 3.63) is 82.4 Å². The Kier molecular flexibility index (Phi) is 5.48. The van der Waals surface area contributed by atoms with E-state index >= 15 is 0 Å². The monoisotopic (exact) mass is 444 g/mol. The second-order valence-electron chi connectivity index (χ2n) is 8.04. The van der Waals surface area contributed by atoms with E-state index in [0.29, 0.717) is 42.6 Å². The van der Waals surface area contributed by atoms with E-state index in [-0.39, 0.29) is 11.5 Å². The van der Waals surface area contributed by atoms with Gasteiger partial charge in [0.2, 0.25) is 5.78 Å². The molecule has 3 aromatic rings. The lowest BCUT2D eigenvalue weighted by atomic mass is 9.98. The van der Waals surface area contributed by atoms with Crippen LogP contribution < -0.4 is 18.9 Å². The third kappa shape index (κ3) is 3.91. The number of Topliss-reactive ketones (excluding diaryl/α,β-unsaturated/α-hetero) is 1. The molecule has 2 aromatic carbocycles. The third-order valence-electron chi connectivity index (χ3n) is 5.84. The summed E-state index contributed by atoms with van der Waals surface area (Å²) in [7, 11) is 3.18. The van der Waals surface area contributed by atoms with E-state index in [1.54, 1.807) is 32.6 Å². The van der Waals surface area contributed by atoms with Crippen molar-refractivity contribution in [3.8, 4) is 23.0 Å². The molecule has 0 radical (unpaired) electrons. The summed E-state index contributed by atoms with van der Waals surface area (Å²) in [6.07, 6.45) is 5.31. The lowest BCUT2D eigenvalue weighted by Crippen LogP contribution is -2.31. The van der Waals surface area contributed by atoms with Crippen LogP contribution in [0.5, 0.6) is 23.0 Å². The molecule has 1 aromatic heterocycles. The molecule has 0 saturated carbocycles. The average molecular weight is 444 g/mol. The van der Waals surface area contributed by atoms with Crippen molar-refractivity contribution in [2.45, 2.75) is 20.0 Å². The quantitative estimate of drug-likeness (QED) is 0.541. The van der Waals surface area contributed by atoms with Crippen LogP contribution >= 0.6 is 0 Å². The molecule has 0 aliphatic carbocycles. The summed E-state index contributed by atoms with van der Waals surface area (Å²) in [6.45, 7) is 3.66. The van der Waals surface area contributed by atoms with Crippen molar-refractivity contribution in [1.82, 2.24) is 9.88 Å². The first kappa shape index (κ1) is 21.0. The van der Waals surface area contributed by atoms with Crippen molar-refractivity contribution in [3.63, 3.8) is 0 Å². The highest BCUT2D eigenvalue weighted by molar-refractivity contribution is 6.16. The Morgan fingerprint density at radius 3 is 2.82 bits per heavy atom. The van der Waals surface area contributed by atoms with Crippen LogP contribution in [0.1, 0.15) is 32.6 Å². The minimum Gasteiger partial charge on any atom is -0.497 e. The summed E-state index contributed by atoms with van der Waals surface area (Å²) < 4.78 is 22.9. The number of rotatable bonds is 5. The van der Waals surface area contributed by atoms with E-state index in [1.165, 1.54) is 0 Å². The standard InChI is InChI=1S/C26H24N2O5/c1-16-9-22-20(14-28(15-32-22)13-17-5-4-8-27-12-17)26-24(16)25(29)23(33-26)10-18-6-7-19(30-2)11-21(18)31-3/h4-12H,13-15H2,1-3H3/b23-10-. The van der Waals surface area contributed by atoms with E-state index in [1.807, 2.05) is 43.5 Å². The maximum atomic E-state index is 13.3. The minimum absolute atomic E-state index is 0.146. The molecule has 7 heteroatoms. The smallest absolute Gasteiger partial charge is 0.232 e. The fourth-order valence-corrected chi connectivity index (χ4v) is 4.21. The number of nitrogens with zero attached hydrogens (tertiary/aromatic N) is 2. The SMILES string of the molecule is COc1ccc(/C=C2\Oc3c4c(cc(C)c3C2=O)OCN(Cc2cccnc2)C4)c(OC)c1. The van der Waals surface area contributed by atoms with Crippen molar-refractivity contribution in [2.75, 3.05) is 21.0 Å². The Balaban J connectivity index is 1.47. The van der Waals surface area contributed by atoms with Crippen molar-refractivity contribution >= 4 is 11.9 Å². The molecule has 0 fully saturated rings. The van der Waals surface area contributed by atoms with Gasteiger partial charge in [-0.1, -0.05) is 6.07 Å². The number of aryl methyl sites for hydroxylation is 1. The Labute approximate surface area is 192 Å². The first-order valence-corrected chi connectivity index (χ1v) is 10.6. The topological polar surface area (TPSA) is 70.1 Å². The zero-order chi connectivity index (χ0) is 22.9. The fourth-order valence-electron chi connectivity index (χ4n) is 4.21. The number of benzene rings is 2. The van der Waals surface area contributed by atoms with Crippen LogP contribution in [0, 0.1) is 6.92 Å². The molecule has 0 bridgehead atoms. The molecule has 5 rings (SSSR count). The predicted molar refractivity (Wildman–Crippen MR) is 123 cm³/mol. The molecule has 3 heterocycles. The number of methoxy groups -OCH3 is 2. The lowest BCUT2D eigenvalue weighted by Gasteiger charge is -2.30. The molecule has 7 nitrogen and oxygen atoms in total. The largest absolute Gasteiger partial charge is 0.497 e. The second-order valence-corrected chi connectivity index (χ2v) is 8.04. The summed E-state index contributed by atoms with van der Waals surface area (Å²) in [4.78, 5) is 19.6. The molecular weight excluding hydrogens is 420 g/mol. The maximum Gasteiger partial charge on any atom is 0.232 e. The van der Waals surface area contributed by atoms with Gasteiger partial charge in [0, 0.05) is 37.1 Å². The van der Waals surface area contributed by atoms with Crippen LogP contribution in [-0.4, -0.2) is 36.6 Å². The van der Waals surface area contributed by atoms with Crippen LogP contribution in [0.3, 0.4) is 0 Å². The van der Waals surface area contributed by atoms with Gasteiger partial charge in [0.25, 0.3) is 0 Å². The van der Waals surface area contributed by atoms with Gasteiger partial charge in [0.1, 0.15) is 29.7 Å². The summed E-state index contributed by atoms with van der Waals surface area (Å²) in [5.41, 5.74) is 4.12. The van der Waals surface area contributed by atoms with E-state index in [9.17, 15) is 4.79 Å². The maximum absolute atomic E-state index is 13.3. The number of allylic oxidation sites excluding steroid dienone is 1. The highest BCUT2D eigenvalue weighted by Crippen LogP contribution is 2.44. The van der Waals surface area contributed by atoms with E-state index in [0.717, 1.165) is 28.0 Å². The Bertz CT molecular complexity index is 1250. The molecule has 0 unspecified atom stereocenters. The molecule has 33 heavy (non-hydrogen) atoms. The number of hydrogen-bond acceptors (Lipinski definition) is 7.